The molecule has 3 heteroatoms. The van der Waals surface area contributed by atoms with Crippen molar-refractivity contribution in [1.29, 1.82) is 0 Å². The Balaban J connectivity index is 1.20. The van der Waals surface area contributed by atoms with Gasteiger partial charge in [-0.15, -0.1) is 0 Å². The zero-order chi connectivity index (χ0) is 48.4. The first kappa shape index (κ1) is 44.9. The minimum absolute atomic E-state index is 0.0117. The van der Waals surface area contributed by atoms with Crippen LogP contribution in [-0.2, 0) is 29.1 Å². The summed E-state index contributed by atoms with van der Waals surface area (Å²) < 4.78 is 0. The summed E-state index contributed by atoms with van der Waals surface area (Å²) in [6, 6.07) is 63.5. The number of rotatable bonds is 5. The monoisotopic (exact) mass is 899 g/mol. The van der Waals surface area contributed by atoms with Gasteiger partial charge in [0.1, 0.15) is 0 Å². The van der Waals surface area contributed by atoms with E-state index in [2.05, 4.69) is 257 Å². The van der Waals surface area contributed by atoms with Crippen LogP contribution in [0.4, 0.5) is 34.1 Å². The summed E-state index contributed by atoms with van der Waals surface area (Å²) >= 11 is 0. The first-order chi connectivity index (χ1) is 32.7. The normalized spacial score (nSPS) is 14.9. The van der Waals surface area contributed by atoms with Crippen molar-refractivity contribution in [3.8, 4) is 33.4 Å². The molecule has 0 atom stereocenters. The van der Waals surface area contributed by atoms with E-state index in [4.69, 9.17) is 0 Å². The van der Waals surface area contributed by atoms with Crippen LogP contribution in [0.5, 0.6) is 0 Å². The standard InChI is InChI=1S/C66H67BN2/c1-42-32-60-62-61(33-42)69(57-31-29-52(65(8,9)10)39-54(57)44-18-14-13-15-19-44)59-38-49-41-66(11,12)40-48(49)36-56(59)67(62)55-30-26-47(43-24-27-50(28-25-43)63(2,3)4)37-58(55)68(60)53-23-17-21-46(35-53)45-20-16-22-51(34-45)64(5,6)7/h13-39H,40-41H2,1-12H3. The van der Waals surface area contributed by atoms with Crippen LogP contribution >= 0.6 is 0 Å². The third-order valence-electron chi connectivity index (χ3n) is 15.3. The third-order valence-corrected chi connectivity index (χ3v) is 15.3. The number of hydrogen-bond donors (Lipinski definition) is 0. The van der Waals surface area contributed by atoms with Crippen LogP contribution in [0.2, 0.25) is 0 Å². The van der Waals surface area contributed by atoms with E-state index in [9.17, 15) is 0 Å². The number of fused-ring (bicyclic) bond motifs is 5. The molecule has 0 saturated carbocycles. The number of benzene rings is 8. The summed E-state index contributed by atoms with van der Waals surface area (Å²) in [6.45, 7) is 28.0. The maximum atomic E-state index is 2.65. The molecule has 3 aliphatic rings. The number of hydrogen-bond acceptors (Lipinski definition) is 2. The van der Waals surface area contributed by atoms with Gasteiger partial charge in [0.05, 0.1) is 5.69 Å². The lowest BCUT2D eigenvalue weighted by molar-refractivity contribution is 0.392. The molecule has 344 valence electrons. The summed E-state index contributed by atoms with van der Waals surface area (Å²) in [5.74, 6) is 0. The molecule has 11 rings (SSSR count). The van der Waals surface area contributed by atoms with Crippen LogP contribution in [0.25, 0.3) is 33.4 Å². The average molecular weight is 899 g/mol. The lowest BCUT2D eigenvalue weighted by Crippen LogP contribution is -2.61. The fourth-order valence-electron chi connectivity index (χ4n) is 11.6. The van der Waals surface area contributed by atoms with Gasteiger partial charge in [0, 0.05) is 34.0 Å². The van der Waals surface area contributed by atoms with Crippen molar-refractivity contribution in [2.24, 2.45) is 5.41 Å². The van der Waals surface area contributed by atoms with Gasteiger partial charge in [0.25, 0.3) is 6.71 Å². The van der Waals surface area contributed by atoms with Crippen LogP contribution in [0.3, 0.4) is 0 Å². The minimum Gasteiger partial charge on any atom is -0.311 e. The van der Waals surface area contributed by atoms with E-state index in [1.807, 2.05) is 0 Å². The molecule has 0 spiro atoms. The van der Waals surface area contributed by atoms with Crippen molar-refractivity contribution in [2.45, 2.75) is 112 Å². The number of nitrogens with zero attached hydrogens (tertiary/aromatic N) is 2. The van der Waals surface area contributed by atoms with Crippen molar-refractivity contribution in [3.63, 3.8) is 0 Å². The summed E-state index contributed by atoms with van der Waals surface area (Å²) in [5, 5.41) is 0. The van der Waals surface area contributed by atoms with E-state index in [0.29, 0.717) is 0 Å². The quantitative estimate of drug-likeness (QED) is 0.159. The van der Waals surface area contributed by atoms with E-state index in [1.54, 1.807) is 0 Å². The fraction of sp³-hybridized carbons (Fsp3) is 0.273. The molecule has 8 aromatic rings. The molecule has 0 aromatic heterocycles. The lowest BCUT2D eigenvalue weighted by Gasteiger charge is -2.45. The van der Waals surface area contributed by atoms with Gasteiger partial charge >= 0.3 is 0 Å². The summed E-state index contributed by atoms with van der Waals surface area (Å²) in [6.07, 6.45) is 2.16. The average Bonchev–Trinajstić information content (AvgIpc) is 3.62. The largest absolute Gasteiger partial charge is 0.311 e. The molecule has 0 fully saturated rings. The van der Waals surface area contributed by atoms with E-state index in [-0.39, 0.29) is 28.4 Å². The molecule has 0 bridgehead atoms. The van der Waals surface area contributed by atoms with Crippen LogP contribution in [0, 0.1) is 12.3 Å². The fourth-order valence-corrected chi connectivity index (χ4v) is 11.6. The second-order valence-electron chi connectivity index (χ2n) is 24.3. The first-order valence-corrected chi connectivity index (χ1v) is 25.3. The molecule has 1 aliphatic carbocycles. The molecular weight excluding hydrogens is 832 g/mol. The van der Waals surface area contributed by atoms with Gasteiger partial charge in [-0.2, -0.15) is 0 Å². The Morgan fingerprint density at radius 1 is 0.406 bits per heavy atom. The van der Waals surface area contributed by atoms with Crippen molar-refractivity contribution in [1.82, 2.24) is 0 Å². The maximum Gasteiger partial charge on any atom is 0.252 e. The zero-order valence-corrected chi connectivity index (χ0v) is 43.0. The Labute approximate surface area is 413 Å². The van der Waals surface area contributed by atoms with Crippen LogP contribution in [0.15, 0.2) is 164 Å². The Kier molecular flexibility index (Phi) is 10.4. The van der Waals surface area contributed by atoms with Crippen molar-refractivity contribution < 1.29 is 0 Å². The smallest absolute Gasteiger partial charge is 0.252 e. The molecule has 2 aliphatic heterocycles. The van der Waals surface area contributed by atoms with Crippen molar-refractivity contribution in [3.05, 3.63) is 197 Å². The van der Waals surface area contributed by atoms with E-state index < -0.39 is 0 Å². The van der Waals surface area contributed by atoms with E-state index >= 15 is 0 Å². The highest BCUT2D eigenvalue weighted by Crippen LogP contribution is 2.50. The molecular formula is C66H67BN2. The number of anilines is 6. The molecule has 0 unspecified atom stereocenters. The Bertz CT molecular complexity index is 3320. The van der Waals surface area contributed by atoms with Crippen molar-refractivity contribution >= 4 is 57.2 Å². The molecule has 0 amide bonds. The van der Waals surface area contributed by atoms with Gasteiger partial charge < -0.3 is 9.80 Å². The topological polar surface area (TPSA) is 6.48 Å². The van der Waals surface area contributed by atoms with Gasteiger partial charge in [-0.3, -0.25) is 0 Å². The van der Waals surface area contributed by atoms with Crippen molar-refractivity contribution in [2.75, 3.05) is 9.80 Å². The Morgan fingerprint density at radius 2 is 0.957 bits per heavy atom. The van der Waals surface area contributed by atoms with Crippen LogP contribution in [-0.4, -0.2) is 6.71 Å². The van der Waals surface area contributed by atoms with Crippen LogP contribution < -0.4 is 26.2 Å². The lowest BCUT2D eigenvalue weighted by atomic mass is 9.33. The zero-order valence-electron chi connectivity index (χ0n) is 43.0. The molecule has 0 N–H and O–H groups in total. The summed E-state index contributed by atoms with van der Waals surface area (Å²) in [5.41, 5.74) is 27.4. The Hall–Kier alpha value is -6.58. The van der Waals surface area contributed by atoms with Gasteiger partial charge in [-0.05, 0) is 168 Å². The minimum atomic E-state index is -0.0117. The van der Waals surface area contributed by atoms with Gasteiger partial charge in [0.2, 0.25) is 0 Å². The molecule has 8 aromatic carbocycles. The first-order valence-electron chi connectivity index (χ1n) is 25.3. The Morgan fingerprint density at radius 3 is 1.64 bits per heavy atom. The highest BCUT2D eigenvalue weighted by atomic mass is 15.2. The van der Waals surface area contributed by atoms with E-state index in [0.717, 1.165) is 18.5 Å². The summed E-state index contributed by atoms with van der Waals surface area (Å²) in [4.78, 5) is 5.25. The van der Waals surface area contributed by atoms with E-state index in [1.165, 1.54) is 112 Å². The van der Waals surface area contributed by atoms with Gasteiger partial charge in [-0.1, -0.05) is 191 Å². The second kappa shape index (κ2) is 16.0. The maximum absolute atomic E-state index is 2.65. The van der Waals surface area contributed by atoms with Gasteiger partial charge in [0.15, 0.2) is 0 Å². The molecule has 0 saturated heterocycles. The highest BCUT2D eigenvalue weighted by molar-refractivity contribution is 7.00. The molecule has 0 radical (unpaired) electrons. The van der Waals surface area contributed by atoms with Gasteiger partial charge in [-0.25, -0.2) is 0 Å². The SMILES string of the molecule is Cc1cc2c3c(c1)N(c1ccc(C(C)(C)C)cc1-c1ccccc1)c1cc4c(cc1B3c1ccc(-c3ccc(C(C)(C)C)cc3)cc1N2c1cccc(-c2cccc(C(C)(C)C)c2)c1)CC(C)(C)C4. The predicted molar refractivity (Wildman–Crippen MR) is 299 cm³/mol. The number of aryl methyl sites for hydroxylation is 1. The van der Waals surface area contributed by atoms with Crippen LogP contribution in [0.1, 0.15) is 110 Å². The third kappa shape index (κ3) is 7.93. The molecule has 69 heavy (non-hydrogen) atoms. The predicted octanol–water partition coefficient (Wildman–Crippen LogP) is 16.1. The second-order valence-corrected chi connectivity index (χ2v) is 24.3. The highest BCUT2D eigenvalue weighted by Gasteiger charge is 2.45. The molecule has 2 nitrogen and oxygen atoms in total. The molecule has 2 heterocycles. The summed E-state index contributed by atoms with van der Waals surface area (Å²) in [7, 11) is 0.